The Morgan fingerprint density at radius 3 is 2.79 bits per heavy atom. The molecule has 1 unspecified atom stereocenters. The Bertz CT molecular complexity index is 548. The monoisotopic (exact) mass is 328 g/mol. The van der Waals surface area contributed by atoms with E-state index in [1.807, 2.05) is 6.92 Å². The first-order valence-corrected chi connectivity index (χ1v) is 6.79. The van der Waals surface area contributed by atoms with Gasteiger partial charge in [-0.3, -0.25) is 9.59 Å². The van der Waals surface area contributed by atoms with Gasteiger partial charge >= 0.3 is 0 Å². The van der Waals surface area contributed by atoms with E-state index in [1.165, 1.54) is 11.0 Å². The van der Waals surface area contributed by atoms with E-state index >= 15 is 0 Å². The highest BCUT2D eigenvalue weighted by Crippen LogP contribution is 2.28. The van der Waals surface area contributed by atoms with Crippen LogP contribution in [0.2, 0.25) is 0 Å². The third kappa shape index (κ3) is 2.63. The molecule has 1 aromatic rings. The van der Waals surface area contributed by atoms with Crippen molar-refractivity contribution in [2.75, 3.05) is 11.4 Å². The van der Waals surface area contributed by atoms with Crippen LogP contribution >= 0.6 is 15.9 Å². The summed E-state index contributed by atoms with van der Waals surface area (Å²) in [7, 11) is 0. The molecule has 0 aliphatic carbocycles. The number of hydrogen-bond acceptors (Lipinski definition) is 2. The highest BCUT2D eigenvalue weighted by molar-refractivity contribution is 9.10. The Kier molecular flexibility index (Phi) is 3.89. The van der Waals surface area contributed by atoms with Gasteiger partial charge in [-0.05, 0) is 47.0 Å². The van der Waals surface area contributed by atoms with Gasteiger partial charge in [0, 0.05) is 0 Å². The number of rotatable bonds is 2. The van der Waals surface area contributed by atoms with Gasteiger partial charge in [0.1, 0.15) is 18.4 Å². The quantitative estimate of drug-likeness (QED) is 0.904. The summed E-state index contributed by atoms with van der Waals surface area (Å²) >= 11 is 3.10. The molecule has 0 bridgehead atoms. The molecular formula is C13H14BrFN2O2. The van der Waals surface area contributed by atoms with E-state index < -0.39 is 11.9 Å². The standard InChI is InChI=1S/C13H14BrFN2O2/c1-3-10-13(19)17(6-12(18)16-10)11-5-9(15)8(14)4-7(11)2/h4-5,10H,3,6H2,1-2H3,(H,16,18). The summed E-state index contributed by atoms with van der Waals surface area (Å²) in [6.07, 6.45) is 0.513. The van der Waals surface area contributed by atoms with Gasteiger partial charge in [-0.2, -0.15) is 0 Å². The first-order valence-electron chi connectivity index (χ1n) is 6.00. The van der Waals surface area contributed by atoms with Crippen molar-refractivity contribution >= 4 is 33.4 Å². The lowest BCUT2D eigenvalue weighted by molar-refractivity contribution is -0.131. The van der Waals surface area contributed by atoms with Crippen molar-refractivity contribution in [3.05, 3.63) is 28.0 Å². The van der Waals surface area contributed by atoms with Crippen molar-refractivity contribution in [1.29, 1.82) is 0 Å². The number of nitrogens with zero attached hydrogens (tertiary/aromatic N) is 1. The largest absolute Gasteiger partial charge is 0.343 e. The van der Waals surface area contributed by atoms with Crippen molar-refractivity contribution in [3.8, 4) is 0 Å². The van der Waals surface area contributed by atoms with Crippen molar-refractivity contribution < 1.29 is 14.0 Å². The topological polar surface area (TPSA) is 49.4 Å². The number of piperazine rings is 1. The Morgan fingerprint density at radius 1 is 1.47 bits per heavy atom. The number of carbonyl (C=O) groups is 2. The van der Waals surface area contributed by atoms with E-state index in [2.05, 4.69) is 21.2 Å². The molecule has 102 valence electrons. The Balaban J connectivity index is 2.42. The van der Waals surface area contributed by atoms with Gasteiger partial charge in [-0.15, -0.1) is 0 Å². The Hall–Kier alpha value is -1.43. The molecule has 1 heterocycles. The molecule has 0 saturated carbocycles. The number of amides is 2. The van der Waals surface area contributed by atoms with Crippen LogP contribution in [0.1, 0.15) is 18.9 Å². The van der Waals surface area contributed by atoms with Gasteiger partial charge in [-0.25, -0.2) is 4.39 Å². The smallest absolute Gasteiger partial charge is 0.250 e. The number of nitrogens with one attached hydrogen (secondary N) is 1. The second kappa shape index (κ2) is 5.28. The SMILES string of the molecule is CCC1NC(=O)CN(c2cc(F)c(Br)cc2C)C1=O. The van der Waals surface area contributed by atoms with Gasteiger partial charge in [0.15, 0.2) is 0 Å². The lowest BCUT2D eigenvalue weighted by atomic mass is 10.1. The molecule has 4 nitrogen and oxygen atoms in total. The molecule has 6 heteroatoms. The molecule has 1 aliphatic heterocycles. The summed E-state index contributed by atoms with van der Waals surface area (Å²) in [6.45, 7) is 3.53. The molecule has 0 spiro atoms. The van der Waals surface area contributed by atoms with Crippen molar-refractivity contribution in [1.82, 2.24) is 5.32 Å². The highest BCUT2D eigenvalue weighted by Gasteiger charge is 2.33. The molecule has 0 aromatic heterocycles. The number of anilines is 1. The minimum atomic E-state index is -0.535. The van der Waals surface area contributed by atoms with Gasteiger partial charge in [0.2, 0.25) is 11.8 Å². The maximum absolute atomic E-state index is 13.6. The molecule has 1 N–H and O–H groups in total. The summed E-state index contributed by atoms with van der Waals surface area (Å²) in [5.74, 6) is -0.881. The fourth-order valence-corrected chi connectivity index (χ4v) is 2.58. The minimum absolute atomic E-state index is 0.0722. The molecule has 1 aromatic carbocycles. The normalized spacial score (nSPS) is 19.6. The van der Waals surface area contributed by atoms with Crippen LogP contribution in [0.3, 0.4) is 0 Å². The lowest BCUT2D eigenvalue weighted by Gasteiger charge is -2.33. The van der Waals surface area contributed by atoms with E-state index in [0.29, 0.717) is 16.6 Å². The molecule has 19 heavy (non-hydrogen) atoms. The van der Waals surface area contributed by atoms with Crippen LogP contribution in [-0.4, -0.2) is 24.4 Å². The van der Waals surface area contributed by atoms with Crippen LogP contribution in [0, 0.1) is 12.7 Å². The third-order valence-electron chi connectivity index (χ3n) is 3.14. The fraction of sp³-hybridized carbons (Fsp3) is 0.385. The number of benzene rings is 1. The highest BCUT2D eigenvalue weighted by atomic mass is 79.9. The summed E-state index contributed by atoms with van der Waals surface area (Å²) < 4.78 is 14.0. The molecule has 2 amide bonds. The van der Waals surface area contributed by atoms with Gasteiger partial charge in [-0.1, -0.05) is 6.92 Å². The van der Waals surface area contributed by atoms with Crippen LogP contribution < -0.4 is 10.2 Å². The third-order valence-corrected chi connectivity index (χ3v) is 3.75. The van der Waals surface area contributed by atoms with E-state index in [1.54, 1.807) is 13.0 Å². The van der Waals surface area contributed by atoms with Gasteiger partial charge < -0.3 is 10.2 Å². The zero-order chi connectivity index (χ0) is 14.2. The number of halogens is 2. The summed E-state index contributed by atoms with van der Waals surface area (Å²) in [5.41, 5.74) is 1.19. The van der Waals surface area contributed by atoms with Crippen molar-refractivity contribution in [2.45, 2.75) is 26.3 Å². The molecule has 1 fully saturated rings. The van der Waals surface area contributed by atoms with E-state index in [0.717, 1.165) is 5.56 Å². The zero-order valence-corrected chi connectivity index (χ0v) is 12.3. The Morgan fingerprint density at radius 2 is 2.16 bits per heavy atom. The minimum Gasteiger partial charge on any atom is -0.343 e. The molecule has 1 aliphatic rings. The first-order chi connectivity index (χ1) is 8.93. The van der Waals surface area contributed by atoms with Crippen LogP contribution in [0.5, 0.6) is 0 Å². The second-order valence-corrected chi connectivity index (χ2v) is 5.36. The lowest BCUT2D eigenvalue weighted by Crippen LogP contribution is -2.58. The van der Waals surface area contributed by atoms with E-state index in [9.17, 15) is 14.0 Å². The van der Waals surface area contributed by atoms with Crippen molar-refractivity contribution in [2.24, 2.45) is 0 Å². The molecular weight excluding hydrogens is 315 g/mol. The van der Waals surface area contributed by atoms with Crippen LogP contribution in [0.25, 0.3) is 0 Å². The van der Waals surface area contributed by atoms with Gasteiger partial charge in [0.05, 0.1) is 10.2 Å². The van der Waals surface area contributed by atoms with E-state index in [-0.39, 0.29) is 18.4 Å². The first kappa shape index (κ1) is 14.0. The maximum Gasteiger partial charge on any atom is 0.250 e. The van der Waals surface area contributed by atoms with Crippen LogP contribution in [0.15, 0.2) is 16.6 Å². The summed E-state index contributed by atoms with van der Waals surface area (Å²) in [6, 6.07) is 2.35. The fourth-order valence-electron chi connectivity index (χ4n) is 2.12. The summed E-state index contributed by atoms with van der Waals surface area (Å²) in [4.78, 5) is 25.2. The van der Waals surface area contributed by atoms with Crippen LogP contribution in [0.4, 0.5) is 10.1 Å². The maximum atomic E-state index is 13.6. The van der Waals surface area contributed by atoms with Crippen LogP contribution in [-0.2, 0) is 9.59 Å². The molecule has 1 saturated heterocycles. The average molecular weight is 329 g/mol. The number of carbonyl (C=O) groups excluding carboxylic acids is 2. The second-order valence-electron chi connectivity index (χ2n) is 4.51. The number of hydrogen-bond donors (Lipinski definition) is 1. The molecule has 1 atom stereocenters. The van der Waals surface area contributed by atoms with Crippen molar-refractivity contribution in [3.63, 3.8) is 0 Å². The molecule has 2 rings (SSSR count). The molecule has 0 radical (unpaired) electrons. The summed E-state index contributed by atoms with van der Waals surface area (Å²) in [5, 5.41) is 2.63. The number of aryl methyl sites for hydroxylation is 1. The average Bonchev–Trinajstić information content (AvgIpc) is 2.36. The predicted molar refractivity (Wildman–Crippen MR) is 73.4 cm³/mol. The van der Waals surface area contributed by atoms with Gasteiger partial charge in [0.25, 0.3) is 0 Å². The zero-order valence-electron chi connectivity index (χ0n) is 10.7. The Labute approximate surface area is 119 Å². The van der Waals surface area contributed by atoms with E-state index in [4.69, 9.17) is 0 Å². The predicted octanol–water partition coefficient (Wildman–Crippen LogP) is 2.14.